The maximum Gasteiger partial charge on any atom is 0.0438 e. The maximum absolute atomic E-state index is 6.16. The molecule has 14 heavy (non-hydrogen) atoms. The number of halogens is 1. The smallest absolute Gasteiger partial charge is 0.0438 e. The first-order valence-electron chi connectivity index (χ1n) is 5.20. The van der Waals surface area contributed by atoms with Crippen molar-refractivity contribution in [2.75, 3.05) is 0 Å². The Labute approximate surface area is 90.3 Å². The molecule has 1 aliphatic carbocycles. The highest BCUT2D eigenvalue weighted by molar-refractivity contribution is 6.31. The molecule has 1 saturated carbocycles. The van der Waals surface area contributed by atoms with Crippen molar-refractivity contribution in [3.05, 3.63) is 34.3 Å². The highest BCUT2D eigenvalue weighted by atomic mass is 35.5. The molecule has 0 bridgehead atoms. The van der Waals surface area contributed by atoms with Gasteiger partial charge in [-0.25, -0.2) is 0 Å². The summed E-state index contributed by atoms with van der Waals surface area (Å²) in [7, 11) is 0. The fraction of sp³-hybridized carbons (Fsp3) is 0.500. The predicted octanol–water partition coefficient (Wildman–Crippen LogP) is 3.45. The quantitative estimate of drug-likeness (QED) is 0.794. The van der Waals surface area contributed by atoms with Crippen LogP contribution >= 0.6 is 11.6 Å². The van der Waals surface area contributed by atoms with Gasteiger partial charge in [0.25, 0.3) is 0 Å². The van der Waals surface area contributed by atoms with Crippen LogP contribution < -0.4 is 5.73 Å². The van der Waals surface area contributed by atoms with E-state index in [1.54, 1.807) is 0 Å². The number of nitrogens with two attached hydrogens (primary N) is 1. The lowest BCUT2D eigenvalue weighted by Crippen LogP contribution is -2.26. The minimum Gasteiger partial charge on any atom is -0.324 e. The van der Waals surface area contributed by atoms with Gasteiger partial charge in [-0.05, 0) is 42.9 Å². The molecule has 0 radical (unpaired) electrons. The van der Waals surface area contributed by atoms with Crippen LogP contribution in [-0.4, -0.2) is 0 Å². The molecule has 1 atom stereocenters. The largest absolute Gasteiger partial charge is 0.324 e. The van der Waals surface area contributed by atoms with Crippen LogP contribution in [0.3, 0.4) is 0 Å². The zero-order valence-corrected chi connectivity index (χ0v) is 9.22. The summed E-state index contributed by atoms with van der Waals surface area (Å²) in [6.07, 6.45) is 3.87. The van der Waals surface area contributed by atoms with Crippen LogP contribution in [0.25, 0.3) is 0 Å². The molecule has 1 aromatic rings. The van der Waals surface area contributed by atoms with Gasteiger partial charge in [0.1, 0.15) is 0 Å². The molecule has 0 aliphatic heterocycles. The Kier molecular flexibility index (Phi) is 2.80. The summed E-state index contributed by atoms with van der Waals surface area (Å²) in [6.45, 7) is 2.01. The SMILES string of the molecule is Cc1ccc([C@@H](N)C2CCC2)cc1Cl. The minimum absolute atomic E-state index is 0.182. The molecule has 0 amide bonds. The third-order valence-corrected chi connectivity index (χ3v) is 3.65. The van der Waals surface area contributed by atoms with Gasteiger partial charge in [-0.15, -0.1) is 0 Å². The van der Waals surface area contributed by atoms with Crippen LogP contribution in [0, 0.1) is 12.8 Å². The second-order valence-corrected chi connectivity index (χ2v) is 4.63. The van der Waals surface area contributed by atoms with Gasteiger partial charge in [0.05, 0.1) is 0 Å². The predicted molar refractivity (Wildman–Crippen MR) is 60.5 cm³/mol. The molecule has 0 heterocycles. The molecule has 2 N–H and O–H groups in total. The third kappa shape index (κ3) is 1.79. The van der Waals surface area contributed by atoms with Crippen molar-refractivity contribution in [2.45, 2.75) is 32.2 Å². The van der Waals surface area contributed by atoms with E-state index < -0.39 is 0 Å². The van der Waals surface area contributed by atoms with E-state index >= 15 is 0 Å². The van der Waals surface area contributed by atoms with E-state index in [9.17, 15) is 0 Å². The second kappa shape index (κ2) is 3.92. The van der Waals surface area contributed by atoms with E-state index in [1.165, 1.54) is 24.8 Å². The lowest BCUT2D eigenvalue weighted by atomic mass is 9.77. The summed E-state index contributed by atoms with van der Waals surface area (Å²) in [6, 6.07) is 6.35. The van der Waals surface area contributed by atoms with Gasteiger partial charge in [0.15, 0.2) is 0 Å². The summed E-state index contributed by atoms with van der Waals surface area (Å²) in [5.74, 6) is 0.675. The molecular weight excluding hydrogens is 194 g/mol. The van der Waals surface area contributed by atoms with E-state index in [4.69, 9.17) is 17.3 Å². The second-order valence-electron chi connectivity index (χ2n) is 4.23. The standard InChI is InChI=1S/C12H16ClN/c1-8-5-6-10(7-11(8)13)12(14)9-3-2-4-9/h5-7,9,12H,2-4,14H2,1H3/t12-/m0/s1. The molecule has 0 aromatic heterocycles. The number of hydrogen-bond acceptors (Lipinski definition) is 1. The van der Waals surface area contributed by atoms with E-state index in [0.717, 1.165) is 10.6 Å². The molecule has 2 heteroatoms. The highest BCUT2D eigenvalue weighted by Gasteiger charge is 2.25. The first-order chi connectivity index (χ1) is 6.68. The van der Waals surface area contributed by atoms with Crippen LogP contribution in [0.5, 0.6) is 0 Å². The Morgan fingerprint density at radius 3 is 2.64 bits per heavy atom. The lowest BCUT2D eigenvalue weighted by molar-refractivity contribution is 0.264. The van der Waals surface area contributed by atoms with Gasteiger partial charge in [0, 0.05) is 11.1 Å². The lowest BCUT2D eigenvalue weighted by Gasteiger charge is -2.31. The topological polar surface area (TPSA) is 26.0 Å². The van der Waals surface area contributed by atoms with E-state index in [2.05, 4.69) is 12.1 Å². The summed E-state index contributed by atoms with van der Waals surface area (Å²) >= 11 is 6.07. The normalized spacial score (nSPS) is 19.1. The van der Waals surface area contributed by atoms with Crippen LogP contribution in [0.1, 0.15) is 36.4 Å². The molecule has 2 rings (SSSR count). The average Bonchev–Trinajstić information content (AvgIpc) is 2.06. The summed E-state index contributed by atoms with van der Waals surface area (Å²) < 4.78 is 0. The Balaban J connectivity index is 2.18. The molecule has 0 spiro atoms. The molecule has 0 saturated heterocycles. The Morgan fingerprint density at radius 1 is 1.43 bits per heavy atom. The van der Waals surface area contributed by atoms with E-state index in [-0.39, 0.29) is 6.04 Å². The van der Waals surface area contributed by atoms with Gasteiger partial charge in [-0.3, -0.25) is 0 Å². The van der Waals surface area contributed by atoms with E-state index in [0.29, 0.717) is 5.92 Å². The van der Waals surface area contributed by atoms with Gasteiger partial charge < -0.3 is 5.73 Å². The number of benzene rings is 1. The monoisotopic (exact) mass is 209 g/mol. The third-order valence-electron chi connectivity index (χ3n) is 3.24. The highest BCUT2D eigenvalue weighted by Crippen LogP contribution is 2.36. The maximum atomic E-state index is 6.16. The summed E-state index contributed by atoms with van der Waals surface area (Å²) in [4.78, 5) is 0. The van der Waals surface area contributed by atoms with Crippen LogP contribution in [0.4, 0.5) is 0 Å². The summed E-state index contributed by atoms with van der Waals surface area (Å²) in [5, 5.41) is 0.831. The molecule has 0 unspecified atom stereocenters. The molecular formula is C12H16ClN. The fourth-order valence-corrected chi connectivity index (χ4v) is 2.08. The first kappa shape index (κ1) is 10.0. The average molecular weight is 210 g/mol. The van der Waals surface area contributed by atoms with Gasteiger partial charge in [-0.2, -0.15) is 0 Å². The number of aryl methyl sites for hydroxylation is 1. The Bertz CT molecular complexity index is 331. The van der Waals surface area contributed by atoms with Crippen molar-refractivity contribution in [1.82, 2.24) is 0 Å². The van der Waals surface area contributed by atoms with Crippen molar-refractivity contribution in [3.63, 3.8) is 0 Å². The number of hydrogen-bond donors (Lipinski definition) is 1. The van der Waals surface area contributed by atoms with Crippen molar-refractivity contribution in [1.29, 1.82) is 0 Å². The van der Waals surface area contributed by atoms with Crippen molar-refractivity contribution >= 4 is 11.6 Å². The zero-order chi connectivity index (χ0) is 10.1. The van der Waals surface area contributed by atoms with E-state index in [1.807, 2.05) is 13.0 Å². The van der Waals surface area contributed by atoms with Crippen molar-refractivity contribution in [3.8, 4) is 0 Å². The van der Waals surface area contributed by atoms with Crippen LogP contribution in [0.2, 0.25) is 5.02 Å². The zero-order valence-electron chi connectivity index (χ0n) is 8.46. The molecule has 1 fully saturated rings. The van der Waals surface area contributed by atoms with Gasteiger partial charge >= 0.3 is 0 Å². The molecule has 1 nitrogen and oxygen atoms in total. The molecule has 1 aliphatic rings. The number of rotatable bonds is 2. The van der Waals surface area contributed by atoms with Crippen LogP contribution in [-0.2, 0) is 0 Å². The van der Waals surface area contributed by atoms with Gasteiger partial charge in [-0.1, -0.05) is 30.2 Å². The first-order valence-corrected chi connectivity index (χ1v) is 5.58. The minimum atomic E-state index is 0.182. The molecule has 1 aromatic carbocycles. The fourth-order valence-electron chi connectivity index (χ4n) is 1.89. The van der Waals surface area contributed by atoms with Crippen LogP contribution in [0.15, 0.2) is 18.2 Å². The Morgan fingerprint density at radius 2 is 2.14 bits per heavy atom. The Hall–Kier alpha value is -0.530. The molecule has 76 valence electrons. The van der Waals surface area contributed by atoms with Gasteiger partial charge in [0.2, 0.25) is 0 Å². The summed E-state index contributed by atoms with van der Waals surface area (Å²) in [5.41, 5.74) is 8.47. The van der Waals surface area contributed by atoms with Crippen molar-refractivity contribution in [2.24, 2.45) is 11.7 Å². The van der Waals surface area contributed by atoms with Crippen molar-refractivity contribution < 1.29 is 0 Å².